The maximum Gasteiger partial charge on any atom is 0.266 e. The van der Waals surface area contributed by atoms with E-state index >= 15 is 0 Å². The Hall–Kier alpha value is -2.73. The summed E-state index contributed by atoms with van der Waals surface area (Å²) in [5.74, 6) is 0.277. The molecule has 0 aromatic heterocycles. The van der Waals surface area contributed by atoms with Crippen LogP contribution >= 0.6 is 11.6 Å². The molecule has 6 nitrogen and oxygen atoms in total. The van der Waals surface area contributed by atoms with Crippen LogP contribution in [0.5, 0.6) is 11.5 Å². The Morgan fingerprint density at radius 1 is 1.33 bits per heavy atom. The number of amides is 2. The summed E-state index contributed by atoms with van der Waals surface area (Å²) in [5, 5.41) is 5.87. The number of hydrogen-bond donors (Lipinski definition) is 2. The van der Waals surface area contributed by atoms with E-state index in [0.717, 1.165) is 0 Å². The Morgan fingerprint density at radius 3 is 2.92 bits per heavy atom. The molecule has 2 aromatic rings. The first-order valence-electron chi connectivity index (χ1n) is 7.27. The van der Waals surface area contributed by atoms with Gasteiger partial charge in [-0.1, -0.05) is 23.7 Å². The quantitative estimate of drug-likeness (QED) is 0.892. The number of nitrogens with one attached hydrogen (secondary N) is 2. The van der Waals surface area contributed by atoms with Gasteiger partial charge in [0, 0.05) is 5.02 Å². The average Bonchev–Trinajstić information content (AvgIpc) is 2.55. The molecule has 0 unspecified atom stereocenters. The highest BCUT2D eigenvalue weighted by Crippen LogP contribution is 2.31. The van der Waals surface area contributed by atoms with Crippen LogP contribution in [0.4, 0.5) is 11.4 Å². The molecule has 0 aliphatic carbocycles. The van der Waals surface area contributed by atoms with Gasteiger partial charge in [0.2, 0.25) is 5.91 Å². The lowest BCUT2D eigenvalue weighted by molar-refractivity contribution is -0.128. The number of fused-ring (bicyclic) bond motifs is 1. The van der Waals surface area contributed by atoms with Crippen LogP contribution in [-0.2, 0) is 9.59 Å². The summed E-state index contributed by atoms with van der Waals surface area (Å²) in [6.07, 6.45) is -1.03. The number of rotatable bonds is 4. The van der Waals surface area contributed by atoms with E-state index in [-0.39, 0.29) is 18.2 Å². The zero-order valence-electron chi connectivity index (χ0n) is 12.8. The molecule has 7 heteroatoms. The van der Waals surface area contributed by atoms with Gasteiger partial charge < -0.3 is 20.1 Å². The van der Waals surface area contributed by atoms with Crippen LogP contribution in [0, 0.1) is 0 Å². The molecule has 1 aliphatic rings. The summed E-state index contributed by atoms with van der Waals surface area (Å²) < 4.78 is 10.8. The topological polar surface area (TPSA) is 76.7 Å². The minimum absolute atomic E-state index is 0.129. The fraction of sp³-hybridized carbons (Fsp3) is 0.176. The molecule has 1 heterocycles. The molecule has 0 bridgehead atoms. The van der Waals surface area contributed by atoms with E-state index in [0.29, 0.717) is 27.9 Å². The molecule has 1 atom stereocenters. The summed E-state index contributed by atoms with van der Waals surface area (Å²) in [6.45, 7) is 0. The molecule has 0 saturated carbocycles. The van der Waals surface area contributed by atoms with Crippen molar-refractivity contribution in [3.63, 3.8) is 0 Å². The van der Waals surface area contributed by atoms with Gasteiger partial charge in [-0.25, -0.2) is 0 Å². The largest absolute Gasteiger partial charge is 0.495 e. The molecule has 0 fully saturated rings. The average molecular weight is 347 g/mol. The normalized spacial score (nSPS) is 15.8. The van der Waals surface area contributed by atoms with Crippen molar-refractivity contribution in [3.05, 3.63) is 47.5 Å². The van der Waals surface area contributed by atoms with E-state index in [2.05, 4.69) is 10.6 Å². The summed E-state index contributed by atoms with van der Waals surface area (Å²) in [5.41, 5.74) is 1.03. The third-order valence-corrected chi connectivity index (χ3v) is 3.75. The number of methoxy groups -OCH3 is 1. The summed E-state index contributed by atoms with van der Waals surface area (Å²) in [7, 11) is 1.49. The molecule has 24 heavy (non-hydrogen) atoms. The lowest BCUT2D eigenvalue weighted by atomic mass is 10.1. The van der Waals surface area contributed by atoms with Crippen LogP contribution in [0.2, 0.25) is 5.02 Å². The zero-order valence-corrected chi connectivity index (χ0v) is 13.6. The van der Waals surface area contributed by atoms with Crippen LogP contribution in [0.15, 0.2) is 42.5 Å². The molecule has 0 saturated heterocycles. The van der Waals surface area contributed by atoms with Crippen molar-refractivity contribution in [2.24, 2.45) is 0 Å². The van der Waals surface area contributed by atoms with Crippen molar-refractivity contribution in [3.8, 4) is 11.5 Å². The monoisotopic (exact) mass is 346 g/mol. The van der Waals surface area contributed by atoms with Crippen molar-refractivity contribution in [2.75, 3.05) is 17.7 Å². The second-order valence-corrected chi connectivity index (χ2v) is 5.63. The zero-order chi connectivity index (χ0) is 17.1. The smallest absolute Gasteiger partial charge is 0.266 e. The molecule has 0 radical (unpaired) electrons. The van der Waals surface area contributed by atoms with Gasteiger partial charge in [-0.05, 0) is 30.3 Å². The van der Waals surface area contributed by atoms with Crippen LogP contribution < -0.4 is 20.1 Å². The molecule has 3 rings (SSSR count). The number of para-hydroxylation sites is 2. The maximum atomic E-state index is 12.2. The minimum Gasteiger partial charge on any atom is -0.495 e. The second kappa shape index (κ2) is 6.80. The maximum absolute atomic E-state index is 12.2. The van der Waals surface area contributed by atoms with Gasteiger partial charge >= 0.3 is 0 Å². The first-order chi connectivity index (χ1) is 11.6. The molecular formula is C17H15ClN2O4. The fourth-order valence-electron chi connectivity index (χ4n) is 2.37. The Kier molecular flexibility index (Phi) is 4.57. The predicted octanol–water partition coefficient (Wildman–Crippen LogP) is 3.08. The first kappa shape index (κ1) is 16.1. The van der Waals surface area contributed by atoms with Crippen LogP contribution in [0.25, 0.3) is 0 Å². The third kappa shape index (κ3) is 3.44. The van der Waals surface area contributed by atoms with Crippen LogP contribution in [-0.4, -0.2) is 25.0 Å². The lowest BCUT2D eigenvalue weighted by Crippen LogP contribution is -2.39. The van der Waals surface area contributed by atoms with Crippen molar-refractivity contribution in [1.82, 2.24) is 0 Å². The second-order valence-electron chi connectivity index (χ2n) is 5.19. The molecular weight excluding hydrogens is 332 g/mol. The van der Waals surface area contributed by atoms with Gasteiger partial charge in [-0.3, -0.25) is 9.59 Å². The van der Waals surface area contributed by atoms with Crippen molar-refractivity contribution < 1.29 is 19.1 Å². The number of hydrogen-bond acceptors (Lipinski definition) is 4. The third-order valence-electron chi connectivity index (χ3n) is 3.51. The molecule has 124 valence electrons. The van der Waals surface area contributed by atoms with Gasteiger partial charge in [-0.2, -0.15) is 0 Å². The van der Waals surface area contributed by atoms with Gasteiger partial charge in [-0.15, -0.1) is 0 Å². The Balaban J connectivity index is 1.70. The number of benzene rings is 2. The Labute approximate surface area is 143 Å². The highest BCUT2D eigenvalue weighted by atomic mass is 35.5. The highest BCUT2D eigenvalue weighted by Gasteiger charge is 2.29. The first-order valence-corrected chi connectivity index (χ1v) is 7.64. The van der Waals surface area contributed by atoms with Crippen LogP contribution in [0.3, 0.4) is 0 Å². The van der Waals surface area contributed by atoms with Gasteiger partial charge in [0.05, 0.1) is 24.9 Å². The molecule has 0 spiro atoms. The highest BCUT2D eigenvalue weighted by molar-refractivity contribution is 6.31. The Bertz CT molecular complexity index is 794. The van der Waals surface area contributed by atoms with Gasteiger partial charge in [0.15, 0.2) is 6.10 Å². The standard InChI is InChI=1S/C17H15ClN2O4/c1-23-13-7-6-10(18)8-12(13)19-16(21)9-15-17(22)20-11-4-2-3-5-14(11)24-15/h2-8,15H,9H2,1H3,(H,19,21)(H,20,22)/t15-/m0/s1. The van der Waals surface area contributed by atoms with Crippen LogP contribution in [0.1, 0.15) is 6.42 Å². The van der Waals surface area contributed by atoms with E-state index < -0.39 is 6.10 Å². The van der Waals surface area contributed by atoms with Gasteiger partial charge in [0.25, 0.3) is 5.91 Å². The molecule has 1 aliphatic heterocycles. The number of ether oxygens (including phenoxy) is 2. The SMILES string of the molecule is COc1ccc(Cl)cc1NC(=O)C[C@@H]1Oc2ccccc2NC1=O. The van der Waals surface area contributed by atoms with E-state index in [1.807, 2.05) is 0 Å². The summed E-state index contributed by atoms with van der Waals surface area (Å²) in [6, 6.07) is 11.9. The van der Waals surface area contributed by atoms with E-state index in [4.69, 9.17) is 21.1 Å². The summed E-state index contributed by atoms with van der Waals surface area (Å²) >= 11 is 5.93. The van der Waals surface area contributed by atoms with E-state index in [9.17, 15) is 9.59 Å². The number of anilines is 2. The number of carbonyl (C=O) groups excluding carboxylic acids is 2. The fourth-order valence-corrected chi connectivity index (χ4v) is 2.55. The number of carbonyl (C=O) groups is 2. The molecule has 2 N–H and O–H groups in total. The Morgan fingerprint density at radius 2 is 2.12 bits per heavy atom. The number of halogens is 1. The molecule has 2 aromatic carbocycles. The van der Waals surface area contributed by atoms with Crippen molar-refractivity contribution in [2.45, 2.75) is 12.5 Å². The summed E-state index contributed by atoms with van der Waals surface area (Å²) in [4.78, 5) is 24.3. The lowest BCUT2D eigenvalue weighted by Gasteiger charge is -2.25. The van der Waals surface area contributed by atoms with Gasteiger partial charge in [0.1, 0.15) is 11.5 Å². The predicted molar refractivity (Wildman–Crippen MR) is 90.7 cm³/mol. The van der Waals surface area contributed by atoms with Crippen molar-refractivity contribution >= 4 is 34.8 Å². The minimum atomic E-state index is -0.898. The van der Waals surface area contributed by atoms with Crippen molar-refractivity contribution in [1.29, 1.82) is 0 Å². The van der Waals surface area contributed by atoms with E-state index in [1.54, 1.807) is 42.5 Å². The van der Waals surface area contributed by atoms with E-state index in [1.165, 1.54) is 7.11 Å². The molecule has 2 amide bonds.